The van der Waals surface area contributed by atoms with Gasteiger partial charge in [0.1, 0.15) is 5.82 Å². The second kappa shape index (κ2) is 7.85. The van der Waals surface area contributed by atoms with Crippen molar-refractivity contribution in [3.05, 3.63) is 59.4 Å². The number of aryl methyl sites for hydroxylation is 1. The number of hydrogen-bond acceptors (Lipinski definition) is 5. The van der Waals surface area contributed by atoms with E-state index in [-0.39, 0.29) is 17.7 Å². The van der Waals surface area contributed by atoms with Gasteiger partial charge in [0.2, 0.25) is 5.91 Å². The molecule has 2 aromatic carbocycles. The van der Waals surface area contributed by atoms with Gasteiger partial charge in [-0.2, -0.15) is 5.10 Å². The molecule has 1 aliphatic carbocycles. The molecule has 2 N–H and O–H groups in total. The summed E-state index contributed by atoms with van der Waals surface area (Å²) in [6.45, 7) is 1.80. The molecule has 1 heterocycles. The van der Waals surface area contributed by atoms with Gasteiger partial charge in [0.25, 0.3) is 0 Å². The van der Waals surface area contributed by atoms with Crippen LogP contribution in [0.3, 0.4) is 0 Å². The Kier molecular flexibility index (Phi) is 5.38. The Morgan fingerprint density at radius 1 is 1.13 bits per heavy atom. The van der Waals surface area contributed by atoms with E-state index in [2.05, 4.69) is 20.5 Å². The molecule has 0 bridgehead atoms. The van der Waals surface area contributed by atoms with Crippen LogP contribution in [0.15, 0.2) is 53.4 Å². The van der Waals surface area contributed by atoms with Crippen molar-refractivity contribution in [1.82, 2.24) is 15.2 Å². The van der Waals surface area contributed by atoms with Crippen LogP contribution in [0, 0.1) is 6.92 Å². The Balaban J connectivity index is 1.66. The molecular weight excluding hydrogens is 424 g/mol. The molecule has 0 radical (unpaired) electrons. The van der Waals surface area contributed by atoms with Gasteiger partial charge >= 0.3 is 0 Å². The summed E-state index contributed by atoms with van der Waals surface area (Å²) in [4.78, 5) is 17.7. The number of rotatable bonds is 5. The number of nitrogens with zero attached hydrogens (tertiary/aromatic N) is 2. The largest absolute Gasteiger partial charge is 0.325 e. The normalized spacial score (nSPS) is 15.8. The first-order chi connectivity index (χ1) is 14.3. The van der Waals surface area contributed by atoms with Gasteiger partial charge in [-0.15, -0.1) is 0 Å². The smallest absolute Gasteiger partial charge is 0.246 e. The molecule has 1 fully saturated rings. The van der Waals surface area contributed by atoms with Gasteiger partial charge in [0.05, 0.1) is 4.90 Å². The summed E-state index contributed by atoms with van der Waals surface area (Å²) in [5.41, 5.74) is 1.22. The molecule has 0 atom stereocenters. The molecule has 1 aromatic heterocycles. The van der Waals surface area contributed by atoms with Crippen LogP contribution in [-0.4, -0.2) is 34.3 Å². The van der Waals surface area contributed by atoms with E-state index in [1.54, 1.807) is 25.1 Å². The van der Waals surface area contributed by atoms with Crippen molar-refractivity contribution in [2.45, 2.75) is 42.2 Å². The molecule has 0 unspecified atom stereocenters. The zero-order valence-corrected chi connectivity index (χ0v) is 17.9. The third-order valence-electron chi connectivity index (χ3n) is 5.44. The van der Waals surface area contributed by atoms with Crippen molar-refractivity contribution in [1.29, 1.82) is 0 Å². The molecule has 0 aliphatic heterocycles. The minimum absolute atomic E-state index is 0.105. The van der Waals surface area contributed by atoms with Gasteiger partial charge in [0, 0.05) is 16.3 Å². The number of carbonyl (C=O) groups excluding carboxylic acids is 1. The highest BCUT2D eigenvalue weighted by atomic mass is 35.5. The summed E-state index contributed by atoms with van der Waals surface area (Å²) in [5.74, 6) is 0.671. The summed E-state index contributed by atoms with van der Waals surface area (Å²) in [6.07, 6.45) is 1.92. The molecule has 1 aliphatic rings. The lowest BCUT2D eigenvalue weighted by Gasteiger charge is -2.27. The minimum Gasteiger partial charge on any atom is -0.325 e. The predicted molar refractivity (Wildman–Crippen MR) is 115 cm³/mol. The van der Waals surface area contributed by atoms with E-state index in [1.165, 1.54) is 24.3 Å². The Morgan fingerprint density at radius 3 is 2.47 bits per heavy atom. The first kappa shape index (κ1) is 20.6. The summed E-state index contributed by atoms with van der Waals surface area (Å²) < 4.78 is 25.4. The maximum absolute atomic E-state index is 13.5. The van der Waals surface area contributed by atoms with E-state index in [1.807, 2.05) is 6.07 Å². The van der Waals surface area contributed by atoms with E-state index in [4.69, 9.17) is 11.6 Å². The second-order valence-corrected chi connectivity index (χ2v) is 10.1. The molecule has 1 amide bonds. The number of H-pyrrole nitrogens is 1. The van der Waals surface area contributed by atoms with E-state index in [0.717, 1.165) is 5.56 Å². The Labute approximate surface area is 179 Å². The number of carbonyl (C=O) groups is 1. The summed E-state index contributed by atoms with van der Waals surface area (Å²) in [6, 6.07) is 13.0. The average Bonchev–Trinajstić information content (AvgIpc) is 3.39. The van der Waals surface area contributed by atoms with Crippen LogP contribution in [0.5, 0.6) is 0 Å². The van der Waals surface area contributed by atoms with E-state index in [9.17, 15) is 13.2 Å². The summed E-state index contributed by atoms with van der Waals surface area (Å²) >= 11 is 5.91. The van der Waals surface area contributed by atoms with Gasteiger partial charge in [-0.1, -0.05) is 36.6 Å². The Bertz CT molecular complexity index is 1180. The third kappa shape index (κ3) is 3.61. The van der Waals surface area contributed by atoms with Crippen LogP contribution >= 0.6 is 11.6 Å². The highest BCUT2D eigenvalue weighted by Gasteiger charge is 2.52. The number of hydrogen-bond donors (Lipinski definition) is 2. The molecule has 156 valence electrons. The predicted octanol–water partition coefficient (Wildman–Crippen LogP) is 4.16. The van der Waals surface area contributed by atoms with Crippen LogP contribution < -0.4 is 5.32 Å². The van der Waals surface area contributed by atoms with Crippen molar-refractivity contribution >= 4 is 33.0 Å². The van der Waals surface area contributed by atoms with Gasteiger partial charge < -0.3 is 5.32 Å². The van der Waals surface area contributed by atoms with Crippen molar-refractivity contribution in [2.75, 3.05) is 5.32 Å². The number of halogens is 1. The molecule has 0 saturated heterocycles. The van der Waals surface area contributed by atoms with Gasteiger partial charge in [-0.05, 0) is 56.2 Å². The monoisotopic (exact) mass is 444 g/mol. The van der Waals surface area contributed by atoms with Crippen molar-refractivity contribution in [3.8, 4) is 11.4 Å². The summed E-state index contributed by atoms with van der Waals surface area (Å²) in [7, 11) is -3.90. The maximum atomic E-state index is 13.5. The minimum atomic E-state index is -3.90. The Morgan fingerprint density at radius 2 is 1.83 bits per heavy atom. The first-order valence-corrected chi connectivity index (χ1v) is 11.5. The van der Waals surface area contributed by atoms with Crippen molar-refractivity contribution in [3.63, 3.8) is 0 Å². The molecule has 0 spiro atoms. The molecule has 4 rings (SSSR count). The van der Waals surface area contributed by atoms with E-state index < -0.39 is 20.5 Å². The highest BCUT2D eigenvalue weighted by molar-refractivity contribution is 7.93. The average molecular weight is 445 g/mol. The Hall–Kier alpha value is -2.71. The SMILES string of the molecule is Cc1nc(-c2cccc(NC(=O)C3(S(=O)(=O)c4ccc(Cl)cc4)CCCC3)c2)n[nH]1. The standard InChI is InChI=1S/C21H21ClN4O3S/c1-14-23-19(26-25-14)15-5-4-6-17(13-15)24-20(27)21(11-2-3-12-21)30(28,29)18-9-7-16(22)8-10-18/h4-10,13H,2-3,11-12H2,1H3,(H,24,27)(H,23,25,26). The molecular formula is C21H21ClN4O3S. The van der Waals surface area contributed by atoms with E-state index >= 15 is 0 Å². The zero-order valence-electron chi connectivity index (χ0n) is 16.4. The number of amides is 1. The fraction of sp³-hybridized carbons (Fsp3) is 0.286. The first-order valence-electron chi connectivity index (χ1n) is 9.63. The summed E-state index contributed by atoms with van der Waals surface area (Å²) in [5, 5.41) is 10.2. The van der Waals surface area contributed by atoms with Gasteiger partial charge in [-0.25, -0.2) is 13.4 Å². The van der Waals surface area contributed by atoms with Crippen molar-refractivity contribution < 1.29 is 13.2 Å². The number of nitrogens with one attached hydrogen (secondary N) is 2. The number of aromatic nitrogens is 3. The van der Waals surface area contributed by atoms with Gasteiger partial charge in [0.15, 0.2) is 20.4 Å². The van der Waals surface area contributed by atoms with Crippen molar-refractivity contribution in [2.24, 2.45) is 0 Å². The van der Waals surface area contributed by atoms with Crippen LogP contribution in [0.25, 0.3) is 11.4 Å². The third-order valence-corrected chi connectivity index (χ3v) is 8.21. The molecule has 3 aromatic rings. The van der Waals surface area contributed by atoms with Crippen LogP contribution in [0.1, 0.15) is 31.5 Å². The van der Waals surface area contributed by atoms with Crippen LogP contribution in [-0.2, 0) is 14.6 Å². The highest BCUT2D eigenvalue weighted by Crippen LogP contribution is 2.41. The quantitative estimate of drug-likeness (QED) is 0.614. The number of sulfone groups is 1. The second-order valence-electron chi connectivity index (χ2n) is 7.44. The van der Waals surface area contributed by atoms with E-state index in [0.29, 0.717) is 35.2 Å². The topological polar surface area (TPSA) is 105 Å². The number of anilines is 1. The molecule has 1 saturated carbocycles. The lowest BCUT2D eigenvalue weighted by Crippen LogP contribution is -2.47. The fourth-order valence-corrected chi connectivity index (χ4v) is 6.05. The van der Waals surface area contributed by atoms with Crippen LogP contribution in [0.2, 0.25) is 5.02 Å². The lowest BCUT2D eigenvalue weighted by molar-refractivity contribution is -0.118. The number of aromatic amines is 1. The fourth-order valence-electron chi connectivity index (χ4n) is 3.86. The zero-order chi connectivity index (χ0) is 21.4. The molecule has 30 heavy (non-hydrogen) atoms. The van der Waals surface area contributed by atoms with Gasteiger partial charge in [-0.3, -0.25) is 9.89 Å². The number of benzene rings is 2. The van der Waals surface area contributed by atoms with Crippen LogP contribution in [0.4, 0.5) is 5.69 Å². The molecule has 9 heteroatoms. The lowest BCUT2D eigenvalue weighted by atomic mass is 10.1. The maximum Gasteiger partial charge on any atom is 0.246 e. The molecule has 7 nitrogen and oxygen atoms in total.